The molecule has 23 heavy (non-hydrogen) atoms. The molecule has 1 amide bonds. The number of carbonyl (C=O) groups is 1. The number of ether oxygens (including phenoxy) is 2. The second-order valence-electron chi connectivity index (χ2n) is 7.10. The van der Waals surface area contributed by atoms with E-state index in [9.17, 15) is 4.79 Å². The van der Waals surface area contributed by atoms with E-state index in [-0.39, 0.29) is 0 Å². The van der Waals surface area contributed by atoms with Gasteiger partial charge in [-0.1, -0.05) is 12.1 Å². The molecular formula is C18H28N2O3. The van der Waals surface area contributed by atoms with Crippen LogP contribution < -0.4 is 10.6 Å². The molecule has 2 atom stereocenters. The summed E-state index contributed by atoms with van der Waals surface area (Å²) in [5.74, 6) is 0. The van der Waals surface area contributed by atoms with Crippen LogP contribution in [0, 0.1) is 0 Å². The largest absolute Gasteiger partial charge is 0.444 e. The molecule has 5 heteroatoms. The van der Waals surface area contributed by atoms with Crippen molar-refractivity contribution in [1.82, 2.24) is 5.32 Å². The molecule has 2 rings (SSSR count). The molecule has 2 unspecified atom stereocenters. The Hall–Kier alpha value is -1.59. The van der Waals surface area contributed by atoms with Gasteiger partial charge in [0.05, 0.1) is 12.2 Å². The Balaban J connectivity index is 1.72. The highest BCUT2D eigenvalue weighted by molar-refractivity contribution is 5.84. The van der Waals surface area contributed by atoms with Crippen LogP contribution in [-0.2, 0) is 16.0 Å². The van der Waals surface area contributed by atoms with Crippen molar-refractivity contribution in [1.29, 1.82) is 0 Å². The highest BCUT2D eigenvalue weighted by Crippen LogP contribution is 2.18. The van der Waals surface area contributed by atoms with Gasteiger partial charge in [0.15, 0.2) is 0 Å². The Kier molecular flexibility index (Phi) is 6.02. The van der Waals surface area contributed by atoms with Crippen LogP contribution in [0.25, 0.3) is 0 Å². The van der Waals surface area contributed by atoms with Gasteiger partial charge in [-0.05, 0) is 58.2 Å². The third-order valence-corrected chi connectivity index (χ3v) is 3.62. The van der Waals surface area contributed by atoms with Crippen molar-refractivity contribution in [3.05, 3.63) is 29.8 Å². The van der Waals surface area contributed by atoms with E-state index >= 15 is 0 Å². The molecule has 2 N–H and O–H groups in total. The molecular weight excluding hydrogens is 292 g/mol. The van der Waals surface area contributed by atoms with Gasteiger partial charge >= 0.3 is 6.09 Å². The molecule has 0 bridgehead atoms. The number of rotatable bonds is 5. The number of hydrogen-bond donors (Lipinski definition) is 2. The van der Waals surface area contributed by atoms with Crippen LogP contribution in [0.15, 0.2) is 24.3 Å². The maximum Gasteiger partial charge on any atom is 0.412 e. The molecule has 1 aromatic carbocycles. The zero-order chi connectivity index (χ0) is 16.9. The van der Waals surface area contributed by atoms with Crippen LogP contribution in [0.3, 0.4) is 0 Å². The topological polar surface area (TPSA) is 59.6 Å². The first-order valence-corrected chi connectivity index (χ1v) is 8.27. The molecule has 0 aliphatic carbocycles. The Morgan fingerprint density at radius 1 is 1.26 bits per heavy atom. The van der Waals surface area contributed by atoms with Crippen LogP contribution in [0.5, 0.6) is 0 Å². The van der Waals surface area contributed by atoms with Gasteiger partial charge in [-0.15, -0.1) is 0 Å². The second kappa shape index (κ2) is 7.79. The number of amides is 1. The summed E-state index contributed by atoms with van der Waals surface area (Å²) in [7, 11) is 0. The highest BCUT2D eigenvalue weighted by Gasteiger charge is 2.21. The molecule has 0 spiro atoms. The van der Waals surface area contributed by atoms with Gasteiger partial charge in [-0.3, -0.25) is 5.32 Å². The van der Waals surface area contributed by atoms with Gasteiger partial charge in [-0.2, -0.15) is 0 Å². The molecule has 0 saturated carbocycles. The predicted molar refractivity (Wildman–Crippen MR) is 91.6 cm³/mol. The number of benzene rings is 1. The molecule has 1 aliphatic rings. The van der Waals surface area contributed by atoms with Crippen molar-refractivity contribution in [2.75, 3.05) is 11.9 Å². The Morgan fingerprint density at radius 2 is 1.96 bits per heavy atom. The summed E-state index contributed by atoms with van der Waals surface area (Å²) in [6.07, 6.45) is 2.57. The summed E-state index contributed by atoms with van der Waals surface area (Å²) in [5, 5.41) is 6.15. The van der Waals surface area contributed by atoms with Crippen molar-refractivity contribution in [2.45, 2.75) is 64.9 Å². The first-order chi connectivity index (χ1) is 10.8. The SMILES string of the molecule is CC1CCC(CNCc2ccc(NC(=O)OC(C)(C)C)cc2)O1. The van der Waals surface area contributed by atoms with E-state index in [0.717, 1.165) is 31.6 Å². The number of hydrogen-bond acceptors (Lipinski definition) is 4. The van der Waals surface area contributed by atoms with Crippen molar-refractivity contribution >= 4 is 11.8 Å². The second-order valence-corrected chi connectivity index (χ2v) is 7.10. The summed E-state index contributed by atoms with van der Waals surface area (Å²) in [6.45, 7) is 9.32. The fourth-order valence-corrected chi connectivity index (χ4v) is 2.54. The maximum atomic E-state index is 11.7. The summed E-state index contributed by atoms with van der Waals surface area (Å²) >= 11 is 0. The van der Waals surface area contributed by atoms with E-state index < -0.39 is 11.7 Å². The average Bonchev–Trinajstić information content (AvgIpc) is 2.84. The third kappa shape index (κ3) is 6.59. The maximum absolute atomic E-state index is 11.7. The van der Waals surface area contributed by atoms with Crippen LogP contribution in [0.4, 0.5) is 10.5 Å². The summed E-state index contributed by atoms with van der Waals surface area (Å²) < 4.78 is 11.0. The standard InChI is InChI=1S/C18H28N2O3/c1-13-5-10-16(22-13)12-19-11-14-6-8-15(9-7-14)20-17(21)23-18(2,3)4/h6-9,13,16,19H,5,10-12H2,1-4H3,(H,20,21). The Morgan fingerprint density at radius 3 is 2.52 bits per heavy atom. The van der Waals surface area contributed by atoms with Gasteiger partial charge in [0, 0.05) is 18.8 Å². The van der Waals surface area contributed by atoms with Gasteiger partial charge < -0.3 is 14.8 Å². The van der Waals surface area contributed by atoms with E-state index in [1.165, 1.54) is 5.56 Å². The van der Waals surface area contributed by atoms with Crippen LogP contribution in [0.2, 0.25) is 0 Å². The van der Waals surface area contributed by atoms with Crippen LogP contribution in [0.1, 0.15) is 46.1 Å². The van der Waals surface area contributed by atoms with Gasteiger partial charge in [0.2, 0.25) is 0 Å². The van der Waals surface area contributed by atoms with Crippen molar-refractivity contribution in [3.63, 3.8) is 0 Å². The lowest BCUT2D eigenvalue weighted by Gasteiger charge is -2.19. The highest BCUT2D eigenvalue weighted by atomic mass is 16.6. The van der Waals surface area contributed by atoms with E-state index in [1.807, 2.05) is 45.0 Å². The molecule has 0 aromatic heterocycles. The molecule has 128 valence electrons. The van der Waals surface area contributed by atoms with Crippen LogP contribution in [-0.4, -0.2) is 30.4 Å². The molecule has 1 heterocycles. The lowest BCUT2D eigenvalue weighted by atomic mass is 10.2. The van der Waals surface area contributed by atoms with E-state index in [1.54, 1.807) is 0 Å². The number of nitrogens with one attached hydrogen (secondary N) is 2. The minimum Gasteiger partial charge on any atom is -0.444 e. The summed E-state index contributed by atoms with van der Waals surface area (Å²) in [4.78, 5) is 11.7. The quantitative estimate of drug-likeness (QED) is 0.868. The molecule has 1 saturated heterocycles. The molecule has 1 aromatic rings. The Bertz CT molecular complexity index is 508. The van der Waals surface area contributed by atoms with E-state index in [0.29, 0.717) is 12.2 Å². The lowest BCUT2D eigenvalue weighted by Crippen LogP contribution is -2.27. The molecule has 1 fully saturated rings. The number of carbonyl (C=O) groups excluding carboxylic acids is 1. The molecule has 0 radical (unpaired) electrons. The zero-order valence-electron chi connectivity index (χ0n) is 14.5. The first-order valence-electron chi connectivity index (χ1n) is 8.27. The summed E-state index contributed by atoms with van der Waals surface area (Å²) in [5.41, 5.74) is 1.41. The normalized spacial score (nSPS) is 21.2. The van der Waals surface area contributed by atoms with Crippen LogP contribution >= 0.6 is 0 Å². The lowest BCUT2D eigenvalue weighted by molar-refractivity contribution is 0.0558. The summed E-state index contributed by atoms with van der Waals surface area (Å²) in [6, 6.07) is 7.76. The third-order valence-electron chi connectivity index (χ3n) is 3.62. The zero-order valence-corrected chi connectivity index (χ0v) is 14.5. The van der Waals surface area contributed by atoms with E-state index in [2.05, 4.69) is 17.6 Å². The van der Waals surface area contributed by atoms with Gasteiger partial charge in [0.1, 0.15) is 5.60 Å². The van der Waals surface area contributed by atoms with Crippen molar-refractivity contribution < 1.29 is 14.3 Å². The van der Waals surface area contributed by atoms with Gasteiger partial charge in [-0.25, -0.2) is 4.79 Å². The van der Waals surface area contributed by atoms with E-state index in [4.69, 9.17) is 9.47 Å². The fourth-order valence-electron chi connectivity index (χ4n) is 2.54. The average molecular weight is 320 g/mol. The van der Waals surface area contributed by atoms with Crippen molar-refractivity contribution in [2.24, 2.45) is 0 Å². The number of anilines is 1. The van der Waals surface area contributed by atoms with Crippen molar-refractivity contribution in [3.8, 4) is 0 Å². The molecule has 1 aliphatic heterocycles. The first kappa shape index (κ1) is 17.8. The Labute approximate surface area is 138 Å². The fraction of sp³-hybridized carbons (Fsp3) is 0.611. The smallest absolute Gasteiger partial charge is 0.412 e. The predicted octanol–water partition coefficient (Wildman–Crippen LogP) is 3.69. The van der Waals surface area contributed by atoms with Gasteiger partial charge in [0.25, 0.3) is 0 Å². The minimum absolute atomic E-state index is 0.332. The monoisotopic (exact) mass is 320 g/mol. The minimum atomic E-state index is -0.492. The molecule has 5 nitrogen and oxygen atoms in total.